The van der Waals surface area contributed by atoms with E-state index in [-0.39, 0.29) is 17.6 Å². The van der Waals surface area contributed by atoms with Crippen LogP contribution in [0.15, 0.2) is 22.3 Å². The van der Waals surface area contributed by atoms with Gasteiger partial charge in [-0.1, -0.05) is 11.8 Å². The first-order valence-electron chi connectivity index (χ1n) is 5.27. The maximum Gasteiger partial charge on any atom is 0.343 e. The number of H-pyrrole nitrogens is 1. The van der Waals surface area contributed by atoms with Gasteiger partial charge >= 0.3 is 5.97 Å². The summed E-state index contributed by atoms with van der Waals surface area (Å²) in [5, 5.41) is 0.834. The third kappa shape index (κ3) is 2.21. The summed E-state index contributed by atoms with van der Waals surface area (Å²) in [5.41, 5.74) is -0.0490. The van der Waals surface area contributed by atoms with Gasteiger partial charge in [0, 0.05) is 12.4 Å². The molecule has 94 valence electrons. The number of ether oxygens (including phenoxy) is 1. The zero-order valence-electron chi connectivity index (χ0n) is 9.89. The number of esters is 1. The molecule has 0 bridgehead atoms. The van der Waals surface area contributed by atoms with Crippen molar-refractivity contribution in [2.75, 3.05) is 12.9 Å². The first-order valence-corrected chi connectivity index (χ1v) is 6.49. The molecule has 18 heavy (non-hydrogen) atoms. The highest BCUT2D eigenvalue weighted by Crippen LogP contribution is 2.11. The number of rotatable bonds is 3. The Morgan fingerprint density at radius 3 is 3.00 bits per heavy atom. The zero-order valence-corrected chi connectivity index (χ0v) is 10.7. The van der Waals surface area contributed by atoms with Crippen molar-refractivity contribution in [2.45, 2.75) is 12.1 Å². The van der Waals surface area contributed by atoms with Crippen LogP contribution < -0.4 is 5.43 Å². The number of aromatic amines is 1. The van der Waals surface area contributed by atoms with E-state index in [0.717, 1.165) is 0 Å². The molecule has 6 nitrogen and oxygen atoms in total. The molecule has 0 aliphatic heterocycles. The highest BCUT2D eigenvalue weighted by molar-refractivity contribution is 7.98. The highest BCUT2D eigenvalue weighted by atomic mass is 32.2. The summed E-state index contributed by atoms with van der Waals surface area (Å²) in [6.45, 7) is 1.90. The van der Waals surface area contributed by atoms with Gasteiger partial charge in [-0.15, -0.1) is 0 Å². The summed E-state index contributed by atoms with van der Waals surface area (Å²) < 4.78 is 4.80. The summed E-state index contributed by atoms with van der Waals surface area (Å²) in [5.74, 6) is -0.644. The molecule has 0 saturated carbocycles. The van der Waals surface area contributed by atoms with Gasteiger partial charge in [-0.2, -0.15) is 0 Å². The lowest BCUT2D eigenvalue weighted by Gasteiger charge is -2.03. The van der Waals surface area contributed by atoms with E-state index < -0.39 is 11.4 Å². The average molecular weight is 265 g/mol. The second kappa shape index (κ2) is 5.18. The van der Waals surface area contributed by atoms with Gasteiger partial charge in [0.2, 0.25) is 5.43 Å². The molecule has 0 amide bonds. The molecule has 2 rings (SSSR count). The molecule has 0 spiro atoms. The van der Waals surface area contributed by atoms with E-state index in [1.165, 1.54) is 24.2 Å². The van der Waals surface area contributed by atoms with E-state index in [2.05, 4.69) is 15.0 Å². The topological polar surface area (TPSA) is 84.9 Å². The van der Waals surface area contributed by atoms with Crippen molar-refractivity contribution in [3.05, 3.63) is 28.2 Å². The molecule has 0 aliphatic carbocycles. The Bertz CT molecular complexity index is 654. The number of fused-ring (bicyclic) bond motifs is 1. The molecular formula is C11H11N3O3S. The molecule has 0 aliphatic rings. The van der Waals surface area contributed by atoms with Crippen LogP contribution >= 0.6 is 11.8 Å². The van der Waals surface area contributed by atoms with Gasteiger partial charge in [0.25, 0.3) is 0 Å². The minimum atomic E-state index is -0.644. The average Bonchev–Trinajstić information content (AvgIpc) is 2.38. The van der Waals surface area contributed by atoms with Crippen molar-refractivity contribution < 1.29 is 9.53 Å². The Hall–Kier alpha value is -1.89. The van der Waals surface area contributed by atoms with Crippen LogP contribution in [0.4, 0.5) is 0 Å². The van der Waals surface area contributed by atoms with Crippen molar-refractivity contribution in [2.24, 2.45) is 0 Å². The highest BCUT2D eigenvalue weighted by Gasteiger charge is 2.14. The summed E-state index contributed by atoms with van der Waals surface area (Å²) in [6.07, 6.45) is 4.57. The molecule has 0 saturated heterocycles. The van der Waals surface area contributed by atoms with Gasteiger partial charge in [-0.25, -0.2) is 14.8 Å². The predicted octanol–water partition coefficient (Wildman–Crippen LogP) is 1.22. The summed E-state index contributed by atoms with van der Waals surface area (Å²) in [7, 11) is 0. The molecule has 0 radical (unpaired) electrons. The van der Waals surface area contributed by atoms with Gasteiger partial charge < -0.3 is 9.72 Å². The van der Waals surface area contributed by atoms with Crippen LogP contribution in [0.3, 0.4) is 0 Å². The smallest absolute Gasteiger partial charge is 0.343 e. The Morgan fingerprint density at radius 1 is 1.56 bits per heavy atom. The van der Waals surface area contributed by atoms with Crippen LogP contribution in [0.2, 0.25) is 0 Å². The van der Waals surface area contributed by atoms with Gasteiger partial charge in [0.15, 0.2) is 5.16 Å². The van der Waals surface area contributed by atoms with Crippen LogP contribution in [-0.2, 0) is 4.74 Å². The minimum Gasteiger partial charge on any atom is -0.462 e. The van der Waals surface area contributed by atoms with Crippen molar-refractivity contribution in [3.63, 3.8) is 0 Å². The molecule has 0 fully saturated rings. The minimum absolute atomic E-state index is 0.0372. The number of hydrogen-bond donors (Lipinski definition) is 1. The standard InChI is InChI=1S/C11H11N3O3S/c1-3-17-10(16)7-5-12-9-6(8(7)15)4-13-11(14-9)18-2/h4-5H,3H2,1-2H3,(H,12,13,14,15). The SMILES string of the molecule is CCOC(=O)c1c[nH]c2nc(SC)ncc2c1=O. The van der Waals surface area contributed by atoms with Crippen LogP contribution in [0.5, 0.6) is 0 Å². The molecule has 0 atom stereocenters. The second-order valence-electron chi connectivity index (χ2n) is 3.37. The maximum atomic E-state index is 12.0. The van der Waals surface area contributed by atoms with Crippen molar-refractivity contribution >= 4 is 28.8 Å². The van der Waals surface area contributed by atoms with Gasteiger partial charge in [-0.3, -0.25) is 4.79 Å². The number of hydrogen-bond acceptors (Lipinski definition) is 6. The normalized spacial score (nSPS) is 10.6. The Morgan fingerprint density at radius 2 is 2.33 bits per heavy atom. The fraction of sp³-hybridized carbons (Fsp3) is 0.273. The van der Waals surface area contributed by atoms with E-state index in [4.69, 9.17) is 4.74 Å². The molecule has 2 aromatic rings. The number of nitrogens with zero attached hydrogens (tertiary/aromatic N) is 2. The summed E-state index contributed by atoms with van der Waals surface area (Å²) in [4.78, 5) is 34.5. The molecule has 1 N–H and O–H groups in total. The lowest BCUT2D eigenvalue weighted by molar-refractivity contribution is 0.0524. The predicted molar refractivity (Wildman–Crippen MR) is 67.9 cm³/mol. The van der Waals surface area contributed by atoms with Crippen LogP contribution in [0.25, 0.3) is 11.0 Å². The molecule has 0 aromatic carbocycles. The number of carbonyl (C=O) groups is 1. The Kier molecular flexibility index (Phi) is 3.61. The first-order chi connectivity index (χ1) is 8.67. The quantitative estimate of drug-likeness (QED) is 0.510. The van der Waals surface area contributed by atoms with Crippen LogP contribution in [0.1, 0.15) is 17.3 Å². The zero-order chi connectivity index (χ0) is 13.1. The van der Waals surface area contributed by atoms with Gasteiger partial charge in [-0.05, 0) is 13.2 Å². The van der Waals surface area contributed by atoms with Crippen LogP contribution in [0, 0.1) is 0 Å². The Labute approximate surface area is 107 Å². The van der Waals surface area contributed by atoms with E-state index in [9.17, 15) is 9.59 Å². The van der Waals surface area contributed by atoms with E-state index in [0.29, 0.717) is 10.8 Å². The molecule has 7 heteroatoms. The lowest BCUT2D eigenvalue weighted by atomic mass is 10.2. The number of thioether (sulfide) groups is 1. The largest absolute Gasteiger partial charge is 0.462 e. The van der Waals surface area contributed by atoms with Gasteiger partial charge in [0.05, 0.1) is 12.0 Å². The molecular weight excluding hydrogens is 254 g/mol. The third-order valence-corrected chi connectivity index (χ3v) is 2.85. The van der Waals surface area contributed by atoms with E-state index >= 15 is 0 Å². The van der Waals surface area contributed by atoms with Crippen LogP contribution in [-0.4, -0.2) is 33.8 Å². The molecule has 0 unspecified atom stereocenters. The van der Waals surface area contributed by atoms with E-state index in [1.54, 1.807) is 6.92 Å². The van der Waals surface area contributed by atoms with E-state index in [1.807, 2.05) is 6.26 Å². The fourth-order valence-corrected chi connectivity index (χ4v) is 1.79. The van der Waals surface area contributed by atoms with Gasteiger partial charge in [0.1, 0.15) is 11.2 Å². The maximum absolute atomic E-state index is 12.0. The monoisotopic (exact) mass is 265 g/mol. The number of nitrogens with one attached hydrogen (secondary N) is 1. The number of carbonyl (C=O) groups excluding carboxylic acids is 1. The third-order valence-electron chi connectivity index (χ3n) is 2.29. The van der Waals surface area contributed by atoms with Crippen molar-refractivity contribution in [3.8, 4) is 0 Å². The summed E-state index contributed by atoms with van der Waals surface area (Å²) in [6, 6.07) is 0. The lowest BCUT2D eigenvalue weighted by Crippen LogP contribution is -2.18. The number of aromatic nitrogens is 3. The fourth-order valence-electron chi connectivity index (χ4n) is 1.45. The second-order valence-corrected chi connectivity index (χ2v) is 4.14. The number of pyridine rings is 1. The molecule has 2 heterocycles. The van der Waals surface area contributed by atoms with Crippen molar-refractivity contribution in [1.82, 2.24) is 15.0 Å². The first kappa shape index (κ1) is 12.6. The Balaban J connectivity index is 2.58. The summed E-state index contributed by atoms with van der Waals surface area (Å²) >= 11 is 1.37. The van der Waals surface area contributed by atoms with Crippen molar-refractivity contribution in [1.29, 1.82) is 0 Å². The molecule has 2 aromatic heterocycles.